The second-order valence-corrected chi connectivity index (χ2v) is 24.9. The van der Waals surface area contributed by atoms with Crippen LogP contribution >= 0.6 is 0 Å². The maximum absolute atomic E-state index is 7.41. The molecule has 0 saturated carbocycles. The minimum atomic E-state index is -3.66. The van der Waals surface area contributed by atoms with Crippen molar-refractivity contribution >= 4 is 24.0 Å². The highest BCUT2D eigenvalue weighted by Gasteiger charge is 2.85. The molecule has 1 atom stereocenters. The third-order valence-corrected chi connectivity index (χ3v) is 31.0. The van der Waals surface area contributed by atoms with Crippen LogP contribution in [-0.4, -0.2) is 79.0 Å². The van der Waals surface area contributed by atoms with E-state index < -0.39 is 30.1 Å². The van der Waals surface area contributed by atoms with Gasteiger partial charge in [0.2, 0.25) is 0 Å². The summed E-state index contributed by atoms with van der Waals surface area (Å²) in [6.45, 7) is 0.591. The van der Waals surface area contributed by atoms with Gasteiger partial charge in [-0.25, -0.2) is 0 Å². The molecule has 1 saturated heterocycles. The Balaban J connectivity index is 2.35. The smallest absolute Gasteiger partial charge is 0.396 e. The van der Waals surface area contributed by atoms with Crippen molar-refractivity contribution in [3.63, 3.8) is 0 Å². The van der Waals surface area contributed by atoms with Gasteiger partial charge in [-0.3, -0.25) is 0 Å². The molecule has 0 aromatic heterocycles. The largest absolute Gasteiger partial charge is 0.511 e. The Kier molecular flexibility index (Phi) is 10.4. The summed E-state index contributed by atoms with van der Waals surface area (Å²) in [4.78, 5) is 0. The van der Waals surface area contributed by atoms with Crippen LogP contribution < -0.4 is 0 Å². The molecule has 11 heteroatoms. The van der Waals surface area contributed by atoms with Gasteiger partial charge in [-0.05, 0) is 30.4 Å². The van der Waals surface area contributed by atoms with E-state index in [-0.39, 0.29) is 5.73 Å². The molecule has 0 bridgehead atoms. The van der Waals surface area contributed by atoms with Crippen LogP contribution in [0.3, 0.4) is 0 Å². The van der Waals surface area contributed by atoms with Gasteiger partial charge in [-0.2, -0.15) is 0 Å². The number of ether oxygens (including phenoxy) is 1. The molecule has 0 radical (unpaired) electrons. The van der Waals surface area contributed by atoms with E-state index in [1.165, 1.54) is 0 Å². The molecule has 1 unspecified atom stereocenters. The fraction of sp³-hybridized carbons (Fsp3) is 0.500. The summed E-state index contributed by atoms with van der Waals surface area (Å²) in [6.07, 6.45) is 2.19. The number of hydrogen-bond acceptors (Lipinski definition) is 8. The quantitative estimate of drug-likeness (QED) is 0.357. The van der Waals surface area contributed by atoms with Crippen molar-refractivity contribution in [2.24, 2.45) is 0 Å². The Labute approximate surface area is 211 Å². The van der Waals surface area contributed by atoms with Crippen molar-refractivity contribution in [2.45, 2.75) is 31.1 Å². The second kappa shape index (κ2) is 12.8. The molecular formula is C24H38O8Si3. The third-order valence-electron chi connectivity index (χ3n) is 6.66. The predicted octanol–water partition coefficient (Wildman–Crippen LogP) is 3.76. The summed E-state index contributed by atoms with van der Waals surface area (Å²) in [6, 6.07) is 20.1. The first-order chi connectivity index (χ1) is 17.0. The lowest BCUT2D eigenvalue weighted by molar-refractivity contribution is 0.0269. The van der Waals surface area contributed by atoms with Gasteiger partial charge in [0.25, 0.3) is 0 Å². The van der Waals surface area contributed by atoms with Crippen molar-refractivity contribution in [1.29, 1.82) is 0 Å². The fourth-order valence-corrected chi connectivity index (χ4v) is 31.8. The molecule has 2 aromatic rings. The lowest BCUT2D eigenvalue weighted by Crippen LogP contribution is -2.89. The molecular weight excluding hydrogens is 501 g/mol. The molecule has 1 fully saturated rings. The van der Waals surface area contributed by atoms with E-state index in [9.17, 15) is 0 Å². The molecule has 1 aliphatic rings. The average molecular weight is 539 g/mol. The van der Waals surface area contributed by atoms with E-state index in [0.717, 1.165) is 30.4 Å². The summed E-state index contributed by atoms with van der Waals surface area (Å²) < 4.78 is 51.0. The molecule has 2 aromatic carbocycles. The first-order valence-electron chi connectivity index (χ1n) is 11.7. The Morgan fingerprint density at radius 2 is 1.09 bits per heavy atom. The first-order valence-corrected chi connectivity index (χ1v) is 19.2. The highest BCUT2D eigenvalue weighted by atomic mass is 29.7. The van der Waals surface area contributed by atoms with Gasteiger partial charge in [-0.1, -0.05) is 60.7 Å². The standard InChI is InChI=1S/C24H38O8Si3/c1-25-34(26-2,27-3)33(23-19-13-14-20-31-23,35(28-4,29-5)30-6)32-24(21-15-9-7-10-16-21)22-17-11-8-12-18-22/h7-12,15-18,23-24H,13-14,19-20H2,1-6H3. The van der Waals surface area contributed by atoms with Gasteiger partial charge < -0.3 is 35.7 Å². The minimum Gasteiger partial charge on any atom is -0.396 e. The SMILES string of the molecule is CO[Si](OC)(OC)[Si](OC(c1ccccc1)c1ccccc1)(C1CCCCO1)[Si](OC)(OC)OC. The molecule has 194 valence electrons. The molecule has 35 heavy (non-hydrogen) atoms. The van der Waals surface area contributed by atoms with E-state index in [1.54, 1.807) is 42.7 Å². The fourth-order valence-electron chi connectivity index (χ4n) is 5.04. The maximum Gasteiger partial charge on any atom is 0.511 e. The topological polar surface area (TPSA) is 73.8 Å². The van der Waals surface area contributed by atoms with Gasteiger partial charge in [0.1, 0.15) is 0 Å². The zero-order chi connectivity index (χ0) is 25.4. The number of rotatable bonds is 13. The molecule has 1 heterocycles. The van der Waals surface area contributed by atoms with Gasteiger partial charge in [-0.15, -0.1) is 0 Å². The first kappa shape index (κ1) is 28.3. The van der Waals surface area contributed by atoms with Crippen molar-refractivity contribution in [2.75, 3.05) is 49.3 Å². The van der Waals surface area contributed by atoms with Gasteiger partial charge in [0.15, 0.2) is 0 Å². The van der Waals surface area contributed by atoms with Crippen LogP contribution in [-0.2, 0) is 35.7 Å². The highest BCUT2D eigenvalue weighted by Crippen LogP contribution is 2.44. The van der Waals surface area contributed by atoms with E-state index in [2.05, 4.69) is 0 Å². The van der Waals surface area contributed by atoms with Gasteiger partial charge >= 0.3 is 24.0 Å². The molecule has 0 N–H and O–H groups in total. The van der Waals surface area contributed by atoms with Crippen LogP contribution in [0.25, 0.3) is 0 Å². The van der Waals surface area contributed by atoms with Crippen LogP contribution in [0.5, 0.6) is 0 Å². The van der Waals surface area contributed by atoms with Crippen molar-refractivity contribution < 1.29 is 35.7 Å². The molecule has 8 nitrogen and oxygen atoms in total. The molecule has 3 rings (SSSR count). The molecule has 0 aliphatic carbocycles. The monoisotopic (exact) mass is 538 g/mol. The second-order valence-electron chi connectivity index (χ2n) is 8.25. The van der Waals surface area contributed by atoms with Crippen LogP contribution in [0.1, 0.15) is 36.5 Å². The molecule has 0 spiro atoms. The summed E-state index contributed by atoms with van der Waals surface area (Å²) in [5, 5.41) is 0. The third kappa shape index (κ3) is 5.13. The van der Waals surface area contributed by atoms with Crippen LogP contribution in [0.4, 0.5) is 0 Å². The van der Waals surface area contributed by atoms with Crippen LogP contribution in [0.15, 0.2) is 60.7 Å². The van der Waals surface area contributed by atoms with Crippen molar-refractivity contribution in [1.82, 2.24) is 0 Å². The summed E-state index contributed by atoms with van der Waals surface area (Å²) in [5.74, 6) is 0. The van der Waals surface area contributed by atoms with E-state index >= 15 is 0 Å². The maximum atomic E-state index is 7.41. The van der Waals surface area contributed by atoms with Gasteiger partial charge in [0, 0.05) is 49.3 Å². The summed E-state index contributed by atoms with van der Waals surface area (Å²) in [7, 11) is -1.38. The highest BCUT2D eigenvalue weighted by molar-refractivity contribution is 7.60. The van der Waals surface area contributed by atoms with Gasteiger partial charge in [0.05, 0.1) is 11.8 Å². The van der Waals surface area contributed by atoms with Crippen molar-refractivity contribution in [3.8, 4) is 0 Å². The van der Waals surface area contributed by atoms with E-state index in [0.29, 0.717) is 6.61 Å². The molecule has 1 aliphatic heterocycles. The Morgan fingerprint density at radius 1 is 0.657 bits per heavy atom. The summed E-state index contributed by atoms with van der Waals surface area (Å²) in [5.41, 5.74) is 1.57. The van der Waals surface area contributed by atoms with Crippen molar-refractivity contribution in [3.05, 3.63) is 71.8 Å². The normalized spacial score (nSPS) is 17.6. The Morgan fingerprint density at radius 3 is 1.43 bits per heavy atom. The Hall–Kier alpha value is -1.23. The lowest BCUT2D eigenvalue weighted by Gasteiger charge is -2.51. The van der Waals surface area contributed by atoms with Crippen LogP contribution in [0, 0.1) is 0 Å². The predicted molar refractivity (Wildman–Crippen MR) is 139 cm³/mol. The van der Waals surface area contributed by atoms with E-state index in [4.69, 9.17) is 35.7 Å². The average Bonchev–Trinajstić information content (AvgIpc) is 2.94. The summed E-state index contributed by atoms with van der Waals surface area (Å²) >= 11 is 0. The number of benzene rings is 2. The van der Waals surface area contributed by atoms with Crippen LogP contribution in [0.2, 0.25) is 0 Å². The lowest BCUT2D eigenvalue weighted by atomic mass is 10.0. The Bertz CT molecular complexity index is 799. The van der Waals surface area contributed by atoms with E-state index in [1.807, 2.05) is 60.7 Å². The zero-order valence-corrected chi connectivity index (χ0v) is 24.5. The zero-order valence-electron chi connectivity index (χ0n) is 21.5. The number of hydrogen-bond donors (Lipinski definition) is 0. The minimum absolute atomic E-state index is 0.385. The molecule has 0 amide bonds.